The Morgan fingerprint density at radius 1 is 0.968 bits per heavy atom. The van der Waals surface area contributed by atoms with Crippen LogP contribution in [-0.2, 0) is 16.6 Å². The molecule has 158 valence electrons. The first-order chi connectivity index (χ1) is 14.8. The van der Waals surface area contributed by atoms with Gasteiger partial charge in [0, 0.05) is 16.7 Å². The number of ketones is 1. The number of aliphatic hydroxyl groups is 1. The summed E-state index contributed by atoms with van der Waals surface area (Å²) in [6, 6.07) is 17.0. The molecule has 3 rings (SSSR count). The lowest BCUT2D eigenvalue weighted by atomic mass is 9.99. The largest absolute Gasteiger partial charge is 0.392 e. The van der Waals surface area contributed by atoms with E-state index in [9.17, 15) is 18.0 Å². The number of nitrogens with two attached hydrogens (primary N) is 1. The van der Waals surface area contributed by atoms with Crippen molar-refractivity contribution in [1.29, 1.82) is 0 Å². The van der Waals surface area contributed by atoms with Gasteiger partial charge < -0.3 is 10.4 Å². The van der Waals surface area contributed by atoms with Crippen molar-refractivity contribution in [3.05, 3.63) is 101 Å². The van der Waals surface area contributed by atoms with Gasteiger partial charge in [-0.1, -0.05) is 49.1 Å². The summed E-state index contributed by atoms with van der Waals surface area (Å²) in [7, 11) is -4.21. The van der Waals surface area contributed by atoms with E-state index in [2.05, 4.69) is 11.9 Å². The average molecular weight is 436 g/mol. The lowest BCUT2D eigenvalue weighted by Crippen LogP contribution is -2.20. The second kappa shape index (κ2) is 9.05. The van der Waals surface area contributed by atoms with Gasteiger partial charge in [0.2, 0.25) is 10.0 Å². The van der Waals surface area contributed by atoms with Gasteiger partial charge in [-0.2, -0.15) is 0 Å². The molecule has 0 aliphatic heterocycles. The molecule has 0 bridgehead atoms. The minimum absolute atomic E-state index is 0.106. The predicted octanol–water partition coefficient (Wildman–Crippen LogP) is 2.95. The summed E-state index contributed by atoms with van der Waals surface area (Å²) in [6.45, 7) is 3.43. The summed E-state index contributed by atoms with van der Waals surface area (Å²) in [5.41, 5.74) is 1.40. The van der Waals surface area contributed by atoms with Crippen molar-refractivity contribution in [2.24, 2.45) is 5.14 Å². The molecular weight excluding hydrogens is 416 g/mol. The van der Waals surface area contributed by atoms with Crippen LogP contribution in [-0.4, -0.2) is 25.2 Å². The highest BCUT2D eigenvalue weighted by molar-refractivity contribution is 7.89. The van der Waals surface area contributed by atoms with Crippen LogP contribution in [0.4, 0.5) is 5.69 Å². The fourth-order valence-electron chi connectivity index (χ4n) is 3.10. The normalized spacial score (nSPS) is 11.0. The number of aliphatic hydroxyl groups excluding tert-OH is 1. The van der Waals surface area contributed by atoms with E-state index in [1.807, 2.05) is 0 Å². The van der Waals surface area contributed by atoms with Gasteiger partial charge in [-0.05, 0) is 41.5 Å². The van der Waals surface area contributed by atoms with Gasteiger partial charge in [0.15, 0.2) is 5.78 Å². The molecule has 0 spiro atoms. The molecule has 0 saturated heterocycles. The van der Waals surface area contributed by atoms with Crippen molar-refractivity contribution in [2.75, 3.05) is 5.32 Å². The molecule has 0 heterocycles. The number of rotatable bonds is 7. The van der Waals surface area contributed by atoms with Gasteiger partial charge in [-0.25, -0.2) is 13.6 Å². The highest BCUT2D eigenvalue weighted by Crippen LogP contribution is 2.26. The molecule has 7 nitrogen and oxygen atoms in total. The third-order valence-electron chi connectivity index (χ3n) is 4.61. The number of para-hydroxylation sites is 1. The Hall–Kier alpha value is -3.59. The van der Waals surface area contributed by atoms with Crippen LogP contribution in [0.1, 0.15) is 37.4 Å². The number of primary sulfonamides is 1. The Bertz CT molecular complexity index is 1270. The summed E-state index contributed by atoms with van der Waals surface area (Å²) >= 11 is 0. The molecular formula is C23H20N2O5S. The Morgan fingerprint density at radius 2 is 1.61 bits per heavy atom. The SMILES string of the molecule is C=Cc1cccc(C(=O)c2ccccc2NC(=O)c2ccc(CO)cc2)c1S(N)(=O)=O. The topological polar surface area (TPSA) is 127 Å². The van der Waals surface area contributed by atoms with Crippen molar-refractivity contribution in [3.63, 3.8) is 0 Å². The number of hydrogen-bond acceptors (Lipinski definition) is 5. The monoisotopic (exact) mass is 436 g/mol. The van der Waals surface area contributed by atoms with Crippen molar-refractivity contribution in [2.45, 2.75) is 11.5 Å². The standard InChI is InChI=1S/C23H20N2O5S/c1-2-16-6-5-8-19(22(16)31(24,29)30)21(27)18-7-3-4-9-20(18)25-23(28)17-12-10-15(14-26)11-13-17/h2-13,26H,1,14H2,(H,25,28)(H2,24,29,30). The van der Waals surface area contributed by atoms with Crippen LogP contribution in [0, 0.1) is 0 Å². The molecule has 4 N–H and O–H groups in total. The first kappa shape index (κ1) is 22.1. The van der Waals surface area contributed by atoms with E-state index in [-0.39, 0.29) is 33.9 Å². The zero-order chi connectivity index (χ0) is 22.6. The number of hydrogen-bond donors (Lipinski definition) is 3. The van der Waals surface area contributed by atoms with Crippen molar-refractivity contribution >= 4 is 33.5 Å². The number of nitrogens with one attached hydrogen (secondary N) is 1. The summed E-state index contributed by atoms with van der Waals surface area (Å²) < 4.78 is 24.3. The van der Waals surface area contributed by atoms with E-state index in [1.165, 1.54) is 30.3 Å². The second-order valence-electron chi connectivity index (χ2n) is 6.66. The Morgan fingerprint density at radius 3 is 2.23 bits per heavy atom. The van der Waals surface area contributed by atoms with Crippen LogP contribution in [0.2, 0.25) is 0 Å². The maximum absolute atomic E-state index is 13.3. The van der Waals surface area contributed by atoms with Crippen LogP contribution in [0.3, 0.4) is 0 Å². The third-order valence-corrected chi connectivity index (χ3v) is 5.64. The van der Waals surface area contributed by atoms with Crippen LogP contribution < -0.4 is 10.5 Å². The van der Waals surface area contributed by atoms with E-state index in [0.717, 1.165) is 0 Å². The van der Waals surface area contributed by atoms with E-state index < -0.39 is 21.7 Å². The molecule has 0 aliphatic carbocycles. The van der Waals surface area contributed by atoms with Gasteiger partial charge in [0.05, 0.1) is 12.3 Å². The van der Waals surface area contributed by atoms with E-state index in [0.29, 0.717) is 11.1 Å². The van der Waals surface area contributed by atoms with Crippen molar-refractivity contribution in [1.82, 2.24) is 0 Å². The summed E-state index contributed by atoms with van der Waals surface area (Å²) in [6.07, 6.45) is 1.31. The molecule has 0 aromatic heterocycles. The molecule has 3 aromatic carbocycles. The molecule has 0 radical (unpaired) electrons. The van der Waals surface area contributed by atoms with Crippen molar-refractivity contribution in [3.8, 4) is 0 Å². The van der Waals surface area contributed by atoms with Crippen LogP contribution in [0.5, 0.6) is 0 Å². The molecule has 1 amide bonds. The fourth-order valence-corrected chi connectivity index (χ4v) is 4.05. The van der Waals surface area contributed by atoms with Gasteiger partial charge in [-0.3, -0.25) is 9.59 Å². The lowest BCUT2D eigenvalue weighted by molar-refractivity contribution is 0.102. The molecule has 31 heavy (non-hydrogen) atoms. The first-order valence-corrected chi connectivity index (χ1v) is 10.7. The molecule has 0 atom stereocenters. The minimum Gasteiger partial charge on any atom is -0.392 e. The van der Waals surface area contributed by atoms with Gasteiger partial charge in [0.1, 0.15) is 4.90 Å². The summed E-state index contributed by atoms with van der Waals surface area (Å²) in [5, 5.41) is 17.2. The Labute approximate surface area is 179 Å². The van der Waals surface area contributed by atoms with E-state index in [1.54, 1.807) is 42.5 Å². The Balaban J connectivity index is 2.02. The highest BCUT2D eigenvalue weighted by Gasteiger charge is 2.24. The number of anilines is 1. The Kier molecular flexibility index (Phi) is 6.45. The molecule has 0 saturated carbocycles. The molecule has 0 fully saturated rings. The minimum atomic E-state index is -4.21. The molecule has 3 aromatic rings. The molecule has 8 heteroatoms. The van der Waals surface area contributed by atoms with Crippen molar-refractivity contribution < 1.29 is 23.1 Å². The summed E-state index contributed by atoms with van der Waals surface area (Å²) in [5.74, 6) is -1.07. The quantitative estimate of drug-likeness (QED) is 0.491. The van der Waals surface area contributed by atoms with Crippen LogP contribution in [0.25, 0.3) is 6.08 Å². The number of carbonyl (C=O) groups is 2. The van der Waals surface area contributed by atoms with Crippen LogP contribution >= 0.6 is 0 Å². The molecule has 0 aliphatic rings. The maximum Gasteiger partial charge on any atom is 0.255 e. The maximum atomic E-state index is 13.3. The lowest BCUT2D eigenvalue weighted by Gasteiger charge is -2.14. The van der Waals surface area contributed by atoms with E-state index >= 15 is 0 Å². The second-order valence-corrected chi connectivity index (χ2v) is 8.16. The smallest absolute Gasteiger partial charge is 0.255 e. The summed E-state index contributed by atoms with van der Waals surface area (Å²) in [4.78, 5) is 25.6. The zero-order valence-electron chi connectivity index (χ0n) is 16.4. The van der Waals surface area contributed by atoms with E-state index in [4.69, 9.17) is 10.2 Å². The zero-order valence-corrected chi connectivity index (χ0v) is 17.2. The third kappa shape index (κ3) is 4.77. The fraction of sp³-hybridized carbons (Fsp3) is 0.0435. The van der Waals surface area contributed by atoms with Crippen LogP contribution in [0.15, 0.2) is 78.2 Å². The number of carbonyl (C=O) groups excluding carboxylic acids is 2. The molecule has 0 unspecified atom stereocenters. The highest BCUT2D eigenvalue weighted by atomic mass is 32.2. The average Bonchev–Trinajstić information content (AvgIpc) is 2.77. The van der Waals surface area contributed by atoms with Gasteiger partial charge >= 0.3 is 0 Å². The number of amides is 1. The number of sulfonamides is 1. The first-order valence-electron chi connectivity index (χ1n) is 9.19. The number of benzene rings is 3. The predicted molar refractivity (Wildman–Crippen MR) is 118 cm³/mol. The van der Waals surface area contributed by atoms with Gasteiger partial charge in [0.25, 0.3) is 5.91 Å². The van der Waals surface area contributed by atoms with Gasteiger partial charge in [-0.15, -0.1) is 0 Å².